The van der Waals surface area contributed by atoms with Gasteiger partial charge in [-0.2, -0.15) is 0 Å². The molecule has 0 fully saturated rings. The third-order valence-electron chi connectivity index (χ3n) is 2.07. The van der Waals surface area contributed by atoms with Crippen LogP contribution in [0.5, 0.6) is 0 Å². The van der Waals surface area contributed by atoms with Crippen molar-refractivity contribution in [1.29, 1.82) is 0 Å². The molecule has 0 unspecified atom stereocenters. The highest BCUT2D eigenvalue weighted by molar-refractivity contribution is 5.73. The van der Waals surface area contributed by atoms with Gasteiger partial charge in [-0.15, -0.1) is 0 Å². The summed E-state index contributed by atoms with van der Waals surface area (Å²) in [5.41, 5.74) is 3.07. The van der Waals surface area contributed by atoms with Crippen molar-refractivity contribution in [3.8, 4) is 0 Å². The fourth-order valence-electron chi connectivity index (χ4n) is 1.29. The van der Waals surface area contributed by atoms with Crippen LogP contribution in [-0.2, 0) is 0 Å². The van der Waals surface area contributed by atoms with E-state index in [1.165, 1.54) is 0 Å². The zero-order valence-electron chi connectivity index (χ0n) is 9.86. The Morgan fingerprint density at radius 2 is 1.73 bits per heavy atom. The van der Waals surface area contributed by atoms with Gasteiger partial charge in [-0.1, -0.05) is 27.7 Å². The molecular formula is C13H18N2. The molecule has 0 N–H and O–H groups in total. The predicted octanol–water partition coefficient (Wildman–Crippen LogP) is 3.78. The molecule has 2 aromatic heterocycles. The zero-order valence-corrected chi connectivity index (χ0v) is 9.86. The second-order valence-electron chi connectivity index (χ2n) is 3.43. The molecule has 0 spiro atoms. The van der Waals surface area contributed by atoms with Gasteiger partial charge >= 0.3 is 0 Å². The van der Waals surface area contributed by atoms with E-state index in [0.717, 1.165) is 16.7 Å². The summed E-state index contributed by atoms with van der Waals surface area (Å²) in [5, 5.41) is 0. The van der Waals surface area contributed by atoms with Crippen LogP contribution >= 0.6 is 0 Å². The van der Waals surface area contributed by atoms with E-state index >= 15 is 0 Å². The van der Waals surface area contributed by atoms with Gasteiger partial charge in [0.15, 0.2) is 0 Å². The molecule has 0 saturated heterocycles. The van der Waals surface area contributed by atoms with Gasteiger partial charge in [0.1, 0.15) is 0 Å². The fourth-order valence-corrected chi connectivity index (χ4v) is 1.29. The average molecular weight is 202 g/mol. The molecule has 0 aliphatic rings. The van der Waals surface area contributed by atoms with Gasteiger partial charge < -0.3 is 0 Å². The first kappa shape index (κ1) is 11.6. The summed E-state index contributed by atoms with van der Waals surface area (Å²) >= 11 is 0. The van der Waals surface area contributed by atoms with E-state index in [-0.39, 0.29) is 0 Å². The van der Waals surface area contributed by atoms with E-state index in [0.29, 0.717) is 5.92 Å². The van der Waals surface area contributed by atoms with Gasteiger partial charge in [-0.05, 0) is 30.2 Å². The molecule has 0 radical (unpaired) electrons. The first-order valence-corrected chi connectivity index (χ1v) is 5.49. The van der Waals surface area contributed by atoms with Crippen LogP contribution in [0.15, 0.2) is 30.5 Å². The van der Waals surface area contributed by atoms with E-state index < -0.39 is 0 Å². The van der Waals surface area contributed by atoms with Crippen LogP contribution in [0, 0.1) is 0 Å². The smallest absolute Gasteiger partial charge is 0.0890 e. The molecule has 0 bridgehead atoms. The van der Waals surface area contributed by atoms with Gasteiger partial charge in [0.05, 0.1) is 11.0 Å². The summed E-state index contributed by atoms with van der Waals surface area (Å²) < 4.78 is 0. The molecule has 0 saturated carbocycles. The molecule has 80 valence electrons. The second kappa shape index (κ2) is 5.44. The highest BCUT2D eigenvalue weighted by Crippen LogP contribution is 2.15. The van der Waals surface area contributed by atoms with Crippen molar-refractivity contribution in [3.63, 3.8) is 0 Å². The van der Waals surface area contributed by atoms with Crippen LogP contribution in [0.25, 0.3) is 11.0 Å². The van der Waals surface area contributed by atoms with Crippen LogP contribution in [0.2, 0.25) is 0 Å². The predicted molar refractivity (Wildman–Crippen MR) is 65.0 cm³/mol. The first-order valence-electron chi connectivity index (χ1n) is 5.49. The van der Waals surface area contributed by atoms with Crippen molar-refractivity contribution in [1.82, 2.24) is 9.97 Å². The van der Waals surface area contributed by atoms with E-state index in [4.69, 9.17) is 0 Å². The lowest BCUT2D eigenvalue weighted by Crippen LogP contribution is -1.92. The van der Waals surface area contributed by atoms with Gasteiger partial charge in [0.2, 0.25) is 0 Å². The molecule has 0 atom stereocenters. The highest BCUT2D eigenvalue weighted by Gasteiger charge is 2.01. The minimum atomic E-state index is 0.476. The van der Waals surface area contributed by atoms with Crippen LogP contribution in [0.4, 0.5) is 0 Å². The van der Waals surface area contributed by atoms with Crippen molar-refractivity contribution in [2.75, 3.05) is 0 Å². The van der Waals surface area contributed by atoms with E-state index in [9.17, 15) is 0 Å². The molecule has 2 heterocycles. The standard InChI is InChI=1S/C11H12N2.C2H6/c1-8(2)9-5-6-10-11(13-9)4-3-7-12-10;1-2/h3-8H,1-2H3;1-2H3. The maximum atomic E-state index is 4.51. The number of hydrogen-bond acceptors (Lipinski definition) is 2. The summed E-state index contributed by atoms with van der Waals surface area (Å²) in [7, 11) is 0. The third kappa shape index (κ3) is 2.75. The number of pyridine rings is 2. The minimum Gasteiger partial charge on any atom is -0.255 e. The third-order valence-corrected chi connectivity index (χ3v) is 2.07. The van der Waals surface area contributed by atoms with Crippen molar-refractivity contribution in [2.24, 2.45) is 0 Å². The van der Waals surface area contributed by atoms with Crippen LogP contribution in [0.3, 0.4) is 0 Å². The van der Waals surface area contributed by atoms with E-state index in [1.54, 1.807) is 6.20 Å². The fraction of sp³-hybridized carbons (Fsp3) is 0.385. The molecule has 2 aromatic rings. The molecule has 0 aliphatic heterocycles. The Morgan fingerprint density at radius 3 is 2.40 bits per heavy atom. The Morgan fingerprint density at radius 1 is 1.00 bits per heavy atom. The number of hydrogen-bond donors (Lipinski definition) is 0. The summed E-state index contributed by atoms with van der Waals surface area (Å²) in [6.45, 7) is 8.29. The molecule has 0 aliphatic carbocycles. The number of rotatable bonds is 1. The SMILES string of the molecule is CC.CC(C)c1ccc2ncccc2n1. The average Bonchev–Trinajstić information content (AvgIpc) is 2.31. The zero-order chi connectivity index (χ0) is 11.3. The molecule has 2 rings (SSSR count). The summed E-state index contributed by atoms with van der Waals surface area (Å²) in [4.78, 5) is 8.73. The van der Waals surface area contributed by atoms with E-state index in [1.807, 2.05) is 38.1 Å². The molecule has 2 nitrogen and oxygen atoms in total. The van der Waals surface area contributed by atoms with Crippen molar-refractivity contribution in [2.45, 2.75) is 33.6 Å². The first-order chi connectivity index (χ1) is 7.27. The summed E-state index contributed by atoms with van der Waals surface area (Å²) in [5.74, 6) is 0.476. The number of nitrogens with zero attached hydrogens (tertiary/aromatic N) is 2. The quantitative estimate of drug-likeness (QED) is 0.703. The Labute approximate surface area is 91.4 Å². The van der Waals surface area contributed by atoms with Crippen molar-refractivity contribution < 1.29 is 0 Å². The molecule has 0 amide bonds. The Bertz CT molecular complexity index is 422. The highest BCUT2D eigenvalue weighted by atomic mass is 14.8. The summed E-state index contributed by atoms with van der Waals surface area (Å²) in [6, 6.07) is 7.98. The molecule has 0 aromatic carbocycles. The van der Waals surface area contributed by atoms with Gasteiger partial charge in [-0.25, -0.2) is 0 Å². The number of aromatic nitrogens is 2. The Hall–Kier alpha value is -1.44. The van der Waals surface area contributed by atoms with Gasteiger partial charge in [0.25, 0.3) is 0 Å². The topological polar surface area (TPSA) is 25.8 Å². The lowest BCUT2D eigenvalue weighted by atomic mass is 10.1. The molecule has 2 heteroatoms. The van der Waals surface area contributed by atoms with Crippen LogP contribution in [-0.4, -0.2) is 9.97 Å². The molecular weight excluding hydrogens is 184 g/mol. The minimum absolute atomic E-state index is 0.476. The van der Waals surface area contributed by atoms with Gasteiger partial charge in [0, 0.05) is 11.9 Å². The van der Waals surface area contributed by atoms with Crippen molar-refractivity contribution >= 4 is 11.0 Å². The van der Waals surface area contributed by atoms with Gasteiger partial charge in [-0.3, -0.25) is 9.97 Å². The number of fused-ring (bicyclic) bond motifs is 1. The normalized spacial score (nSPS) is 9.93. The maximum absolute atomic E-state index is 4.51. The lowest BCUT2D eigenvalue weighted by Gasteiger charge is -2.04. The van der Waals surface area contributed by atoms with Crippen LogP contribution < -0.4 is 0 Å². The maximum Gasteiger partial charge on any atom is 0.0890 e. The molecule has 15 heavy (non-hydrogen) atoms. The largest absolute Gasteiger partial charge is 0.255 e. The van der Waals surface area contributed by atoms with Crippen molar-refractivity contribution in [3.05, 3.63) is 36.2 Å². The summed E-state index contributed by atoms with van der Waals surface area (Å²) in [6.07, 6.45) is 1.79. The van der Waals surface area contributed by atoms with E-state index in [2.05, 4.69) is 23.8 Å². The second-order valence-corrected chi connectivity index (χ2v) is 3.43. The lowest BCUT2D eigenvalue weighted by molar-refractivity contribution is 0.829. The monoisotopic (exact) mass is 202 g/mol. The Balaban J connectivity index is 0.000000531. The van der Waals surface area contributed by atoms with Crippen LogP contribution in [0.1, 0.15) is 39.3 Å². The Kier molecular flexibility index (Phi) is 4.22.